The summed E-state index contributed by atoms with van der Waals surface area (Å²) in [6.45, 7) is -0.611. The summed E-state index contributed by atoms with van der Waals surface area (Å²) in [6.07, 6.45) is 0.256. The van der Waals surface area contributed by atoms with E-state index < -0.39 is 46.3 Å². The maximum absolute atomic E-state index is 13.1. The van der Waals surface area contributed by atoms with Gasteiger partial charge in [-0.05, 0) is 24.1 Å². The zero-order chi connectivity index (χ0) is 15.1. The van der Waals surface area contributed by atoms with Gasteiger partial charge >= 0.3 is 0 Å². The van der Waals surface area contributed by atoms with Gasteiger partial charge in [-0.15, -0.1) is 23.2 Å². The molecule has 0 spiro atoms. The quantitative estimate of drug-likeness (QED) is 0.659. The number of amides is 1. The van der Waals surface area contributed by atoms with Crippen molar-refractivity contribution in [3.63, 3.8) is 0 Å². The van der Waals surface area contributed by atoms with Crippen LogP contribution in [0, 0.1) is 23.4 Å². The van der Waals surface area contributed by atoms with Gasteiger partial charge in [0.1, 0.15) is 4.33 Å². The number of hydrogen-bond acceptors (Lipinski definition) is 2. The number of carbonyl (C=O) groups excluding carboxylic acids is 1. The van der Waals surface area contributed by atoms with Gasteiger partial charge in [-0.1, -0.05) is 0 Å². The topological polar surface area (TPSA) is 49.3 Å². The van der Waals surface area contributed by atoms with Gasteiger partial charge in [0, 0.05) is 0 Å². The molecular formula is C12H10Cl2F3NO2. The van der Waals surface area contributed by atoms with Crippen LogP contribution < -0.4 is 5.32 Å². The molecule has 1 amide bonds. The van der Waals surface area contributed by atoms with Crippen LogP contribution in [0.15, 0.2) is 12.1 Å². The first-order valence-electron chi connectivity index (χ1n) is 5.69. The van der Waals surface area contributed by atoms with Gasteiger partial charge in [0.05, 0.1) is 18.6 Å². The van der Waals surface area contributed by atoms with Crippen molar-refractivity contribution in [3.8, 4) is 0 Å². The van der Waals surface area contributed by atoms with E-state index in [1.807, 2.05) is 0 Å². The van der Waals surface area contributed by atoms with Crippen LogP contribution in [0.4, 0.5) is 13.2 Å². The molecule has 1 aliphatic carbocycles. The van der Waals surface area contributed by atoms with Crippen molar-refractivity contribution in [2.45, 2.75) is 16.8 Å². The maximum atomic E-state index is 13.1. The molecule has 3 nitrogen and oxygen atoms in total. The second-order valence-electron chi connectivity index (χ2n) is 4.56. The molecule has 1 saturated carbocycles. The summed E-state index contributed by atoms with van der Waals surface area (Å²) in [6, 6.07) is 0.347. The molecule has 0 saturated heterocycles. The van der Waals surface area contributed by atoms with Crippen LogP contribution in [0.25, 0.3) is 0 Å². The Labute approximate surface area is 122 Å². The van der Waals surface area contributed by atoms with E-state index in [2.05, 4.69) is 5.32 Å². The fraction of sp³-hybridized carbons (Fsp3) is 0.417. The van der Waals surface area contributed by atoms with Crippen molar-refractivity contribution in [1.82, 2.24) is 5.32 Å². The normalized spacial score (nSPS) is 21.4. The summed E-state index contributed by atoms with van der Waals surface area (Å²) in [5.74, 6) is -5.60. The minimum atomic E-state index is -1.61. The van der Waals surface area contributed by atoms with Gasteiger partial charge in [0.2, 0.25) is 5.91 Å². The lowest BCUT2D eigenvalue weighted by Gasteiger charge is -2.17. The zero-order valence-corrected chi connectivity index (χ0v) is 11.5. The van der Waals surface area contributed by atoms with Gasteiger partial charge in [-0.3, -0.25) is 4.79 Å². The van der Waals surface area contributed by atoms with Crippen molar-refractivity contribution in [1.29, 1.82) is 0 Å². The molecule has 1 fully saturated rings. The number of rotatable bonds is 4. The maximum Gasteiger partial charge on any atom is 0.226 e. The fourth-order valence-electron chi connectivity index (χ4n) is 1.78. The van der Waals surface area contributed by atoms with Gasteiger partial charge in [0.15, 0.2) is 17.5 Å². The first-order valence-corrected chi connectivity index (χ1v) is 6.45. The van der Waals surface area contributed by atoms with Crippen molar-refractivity contribution < 1.29 is 23.1 Å². The number of aliphatic hydroxyl groups is 1. The Morgan fingerprint density at radius 2 is 1.90 bits per heavy atom. The molecule has 2 rings (SSSR count). The summed E-state index contributed by atoms with van der Waals surface area (Å²) in [4.78, 5) is 11.7. The third-order valence-corrected chi connectivity index (χ3v) is 3.89. The van der Waals surface area contributed by atoms with E-state index in [-0.39, 0.29) is 12.0 Å². The third-order valence-electron chi connectivity index (χ3n) is 3.05. The molecule has 110 valence electrons. The Kier molecular flexibility index (Phi) is 4.18. The lowest BCUT2D eigenvalue weighted by molar-refractivity contribution is -0.123. The highest BCUT2D eigenvalue weighted by Crippen LogP contribution is 2.53. The van der Waals surface area contributed by atoms with E-state index in [4.69, 9.17) is 23.2 Å². The number of hydrogen-bond donors (Lipinski definition) is 2. The standard InChI is InChI=1S/C12H10Cl2F3NO2/c13-12(14)3-6(12)11(20)18-9(4-19)5-1-7(15)10(17)8(16)2-5/h1-2,6,9,19H,3-4H2,(H,18,20). The number of nitrogens with one attached hydrogen (secondary N) is 1. The minimum Gasteiger partial charge on any atom is -0.394 e. The summed E-state index contributed by atoms with van der Waals surface area (Å²) in [7, 11) is 0. The Hall–Kier alpha value is -0.980. The minimum absolute atomic E-state index is 0.0901. The van der Waals surface area contributed by atoms with Gasteiger partial charge < -0.3 is 10.4 Å². The summed E-state index contributed by atoms with van der Waals surface area (Å²) in [5, 5.41) is 11.6. The van der Waals surface area contributed by atoms with E-state index in [1.165, 1.54) is 0 Å². The summed E-state index contributed by atoms with van der Waals surface area (Å²) in [5.41, 5.74) is -0.0901. The highest BCUT2D eigenvalue weighted by molar-refractivity contribution is 6.52. The van der Waals surface area contributed by atoms with Crippen molar-refractivity contribution in [2.75, 3.05) is 6.61 Å². The lowest BCUT2D eigenvalue weighted by Crippen LogP contribution is -2.33. The smallest absolute Gasteiger partial charge is 0.226 e. The predicted octanol–water partition coefficient (Wildman–Crippen LogP) is 2.45. The van der Waals surface area contributed by atoms with Crippen LogP contribution >= 0.6 is 23.2 Å². The summed E-state index contributed by atoms with van der Waals surface area (Å²) < 4.78 is 37.9. The molecule has 2 atom stereocenters. The average molecular weight is 328 g/mol. The Balaban J connectivity index is 2.15. The van der Waals surface area contributed by atoms with Crippen molar-refractivity contribution in [2.24, 2.45) is 5.92 Å². The molecule has 0 aromatic heterocycles. The monoisotopic (exact) mass is 327 g/mol. The van der Waals surface area contributed by atoms with Crippen LogP contribution in [-0.4, -0.2) is 22.0 Å². The molecule has 1 aromatic rings. The first kappa shape index (κ1) is 15.4. The highest BCUT2D eigenvalue weighted by Gasteiger charge is 2.56. The largest absolute Gasteiger partial charge is 0.394 e. The first-order chi connectivity index (χ1) is 9.26. The Morgan fingerprint density at radius 3 is 2.30 bits per heavy atom. The van der Waals surface area contributed by atoms with Crippen LogP contribution in [0.5, 0.6) is 0 Å². The van der Waals surface area contributed by atoms with Crippen molar-refractivity contribution >= 4 is 29.1 Å². The number of alkyl halides is 2. The van der Waals surface area contributed by atoms with E-state index in [1.54, 1.807) is 0 Å². The number of carbonyl (C=O) groups is 1. The van der Waals surface area contributed by atoms with E-state index in [9.17, 15) is 23.1 Å². The fourth-order valence-corrected chi connectivity index (χ4v) is 2.29. The lowest BCUT2D eigenvalue weighted by atomic mass is 10.1. The van der Waals surface area contributed by atoms with Gasteiger partial charge in [-0.2, -0.15) is 0 Å². The second kappa shape index (κ2) is 5.42. The SMILES string of the molecule is O=C(NC(CO)c1cc(F)c(F)c(F)c1)C1CC1(Cl)Cl. The molecule has 1 aromatic carbocycles. The number of halogens is 5. The molecule has 8 heteroatoms. The van der Waals surface area contributed by atoms with E-state index >= 15 is 0 Å². The molecule has 0 heterocycles. The third kappa shape index (κ3) is 3.02. The molecular weight excluding hydrogens is 318 g/mol. The van der Waals surface area contributed by atoms with Crippen LogP contribution in [-0.2, 0) is 4.79 Å². The Morgan fingerprint density at radius 1 is 1.40 bits per heavy atom. The van der Waals surface area contributed by atoms with E-state index in [0.29, 0.717) is 12.1 Å². The molecule has 2 N–H and O–H groups in total. The van der Waals surface area contributed by atoms with Crippen molar-refractivity contribution in [3.05, 3.63) is 35.1 Å². The highest BCUT2D eigenvalue weighted by atomic mass is 35.5. The zero-order valence-electron chi connectivity index (χ0n) is 9.97. The predicted molar refractivity (Wildman–Crippen MR) is 66.8 cm³/mol. The summed E-state index contributed by atoms with van der Waals surface area (Å²) >= 11 is 11.4. The number of aliphatic hydroxyl groups excluding tert-OH is 1. The van der Waals surface area contributed by atoms with E-state index in [0.717, 1.165) is 0 Å². The molecule has 0 aliphatic heterocycles. The Bertz CT molecular complexity index is 530. The molecule has 0 bridgehead atoms. The van der Waals surface area contributed by atoms with Gasteiger partial charge in [-0.25, -0.2) is 13.2 Å². The number of benzene rings is 1. The van der Waals surface area contributed by atoms with Crippen LogP contribution in [0.2, 0.25) is 0 Å². The van der Waals surface area contributed by atoms with Gasteiger partial charge in [0.25, 0.3) is 0 Å². The molecule has 0 radical (unpaired) electrons. The molecule has 1 aliphatic rings. The average Bonchev–Trinajstić information content (AvgIpc) is 3.01. The molecule has 2 unspecified atom stereocenters. The molecule has 20 heavy (non-hydrogen) atoms. The van der Waals surface area contributed by atoms with Crippen LogP contribution in [0.1, 0.15) is 18.0 Å². The second-order valence-corrected chi connectivity index (χ2v) is 6.10. The van der Waals surface area contributed by atoms with Crippen LogP contribution in [0.3, 0.4) is 0 Å².